The Labute approximate surface area is 82.3 Å². The predicted octanol–water partition coefficient (Wildman–Crippen LogP) is -0.906. The SMILES string of the molecule is C[C@@H](OC(CO)CS)[C@H](N)C(=O)O. The first-order chi connectivity index (χ1) is 6.02. The van der Waals surface area contributed by atoms with Gasteiger partial charge in [0.05, 0.1) is 18.8 Å². The molecule has 0 aromatic carbocycles. The topological polar surface area (TPSA) is 92.8 Å². The van der Waals surface area contributed by atoms with Crippen LogP contribution >= 0.6 is 12.6 Å². The van der Waals surface area contributed by atoms with Gasteiger partial charge in [-0.15, -0.1) is 0 Å². The number of ether oxygens (including phenoxy) is 1. The summed E-state index contributed by atoms with van der Waals surface area (Å²) in [5.74, 6) is -0.795. The molecule has 0 heterocycles. The molecule has 0 aliphatic heterocycles. The summed E-state index contributed by atoms with van der Waals surface area (Å²) in [5.41, 5.74) is 5.29. The molecule has 4 N–H and O–H groups in total. The van der Waals surface area contributed by atoms with Gasteiger partial charge in [0.1, 0.15) is 6.04 Å². The van der Waals surface area contributed by atoms with Crippen LogP contribution in [-0.4, -0.2) is 46.8 Å². The molecule has 1 unspecified atom stereocenters. The van der Waals surface area contributed by atoms with Crippen LogP contribution in [-0.2, 0) is 9.53 Å². The fraction of sp³-hybridized carbons (Fsp3) is 0.857. The third-order valence-corrected chi connectivity index (χ3v) is 2.01. The van der Waals surface area contributed by atoms with Gasteiger partial charge in [-0.2, -0.15) is 12.6 Å². The first kappa shape index (κ1) is 12.7. The third kappa shape index (κ3) is 4.47. The second kappa shape index (κ2) is 6.20. The van der Waals surface area contributed by atoms with Crippen molar-refractivity contribution in [3.05, 3.63) is 0 Å². The molecule has 0 rings (SSSR count). The molecule has 0 aromatic heterocycles. The highest BCUT2D eigenvalue weighted by molar-refractivity contribution is 7.80. The van der Waals surface area contributed by atoms with Gasteiger partial charge in [-0.1, -0.05) is 0 Å². The minimum atomic E-state index is -1.12. The lowest BCUT2D eigenvalue weighted by Crippen LogP contribution is -2.44. The van der Waals surface area contributed by atoms with E-state index in [1.807, 2.05) is 0 Å². The summed E-state index contributed by atoms with van der Waals surface area (Å²) in [6, 6.07) is -1.08. The molecule has 0 radical (unpaired) electrons. The van der Waals surface area contributed by atoms with Crippen molar-refractivity contribution in [2.75, 3.05) is 12.4 Å². The molecule has 0 bridgehead atoms. The molecule has 0 aromatic rings. The molecular formula is C7H15NO4S. The van der Waals surface area contributed by atoms with Crippen LogP contribution in [0.25, 0.3) is 0 Å². The Kier molecular flexibility index (Phi) is 6.06. The first-order valence-electron chi connectivity index (χ1n) is 3.88. The van der Waals surface area contributed by atoms with E-state index in [4.69, 9.17) is 20.7 Å². The fourth-order valence-corrected chi connectivity index (χ4v) is 0.934. The van der Waals surface area contributed by atoms with E-state index in [0.717, 1.165) is 0 Å². The highest BCUT2D eigenvalue weighted by Gasteiger charge is 2.23. The van der Waals surface area contributed by atoms with Crippen LogP contribution < -0.4 is 5.73 Å². The van der Waals surface area contributed by atoms with E-state index in [9.17, 15) is 4.79 Å². The lowest BCUT2D eigenvalue weighted by Gasteiger charge is -2.21. The van der Waals surface area contributed by atoms with E-state index in [2.05, 4.69) is 12.6 Å². The molecule has 0 fully saturated rings. The van der Waals surface area contributed by atoms with E-state index in [1.165, 1.54) is 0 Å². The minimum Gasteiger partial charge on any atom is -0.480 e. The van der Waals surface area contributed by atoms with Gasteiger partial charge in [0.15, 0.2) is 0 Å². The van der Waals surface area contributed by atoms with Crippen molar-refractivity contribution >= 4 is 18.6 Å². The number of carbonyl (C=O) groups is 1. The van der Waals surface area contributed by atoms with Gasteiger partial charge < -0.3 is 20.7 Å². The Morgan fingerprint density at radius 2 is 2.23 bits per heavy atom. The summed E-state index contributed by atoms with van der Waals surface area (Å²) < 4.78 is 5.14. The molecule has 13 heavy (non-hydrogen) atoms. The monoisotopic (exact) mass is 209 g/mol. The Hall–Kier alpha value is -0.300. The first-order valence-corrected chi connectivity index (χ1v) is 4.51. The van der Waals surface area contributed by atoms with Crippen molar-refractivity contribution in [1.29, 1.82) is 0 Å². The summed E-state index contributed by atoms with van der Waals surface area (Å²) in [5, 5.41) is 17.3. The molecule has 0 saturated heterocycles. The highest BCUT2D eigenvalue weighted by atomic mass is 32.1. The molecule has 78 valence electrons. The third-order valence-electron chi connectivity index (χ3n) is 1.61. The highest BCUT2D eigenvalue weighted by Crippen LogP contribution is 2.03. The van der Waals surface area contributed by atoms with Crippen molar-refractivity contribution < 1.29 is 19.7 Å². The van der Waals surface area contributed by atoms with Gasteiger partial charge in [-0.3, -0.25) is 4.79 Å². The number of aliphatic hydroxyl groups is 1. The molecule has 0 spiro atoms. The van der Waals surface area contributed by atoms with Crippen molar-refractivity contribution in [3.63, 3.8) is 0 Å². The van der Waals surface area contributed by atoms with E-state index < -0.39 is 24.2 Å². The average molecular weight is 209 g/mol. The van der Waals surface area contributed by atoms with Crippen molar-refractivity contribution in [2.24, 2.45) is 5.73 Å². The lowest BCUT2D eigenvalue weighted by molar-refractivity contribution is -0.143. The summed E-state index contributed by atoms with van der Waals surface area (Å²) >= 11 is 3.92. The predicted molar refractivity (Wildman–Crippen MR) is 50.9 cm³/mol. The van der Waals surface area contributed by atoms with Crippen molar-refractivity contribution in [2.45, 2.75) is 25.2 Å². The van der Waals surface area contributed by atoms with E-state index in [-0.39, 0.29) is 6.61 Å². The Morgan fingerprint density at radius 3 is 2.54 bits per heavy atom. The molecular weight excluding hydrogens is 194 g/mol. The van der Waals surface area contributed by atoms with Crippen molar-refractivity contribution in [1.82, 2.24) is 0 Å². The van der Waals surface area contributed by atoms with Gasteiger partial charge >= 0.3 is 5.97 Å². The number of thiol groups is 1. The van der Waals surface area contributed by atoms with Gasteiger partial charge in [0.2, 0.25) is 0 Å². The summed E-state index contributed by atoms with van der Waals surface area (Å²) in [6.45, 7) is 1.35. The summed E-state index contributed by atoms with van der Waals surface area (Å²) in [6.07, 6.45) is -1.11. The number of hydrogen-bond acceptors (Lipinski definition) is 5. The zero-order valence-electron chi connectivity index (χ0n) is 7.38. The van der Waals surface area contributed by atoms with Gasteiger partial charge in [-0.05, 0) is 6.92 Å². The van der Waals surface area contributed by atoms with E-state index in [1.54, 1.807) is 6.92 Å². The van der Waals surface area contributed by atoms with Gasteiger partial charge in [0, 0.05) is 5.75 Å². The molecule has 5 nitrogen and oxygen atoms in total. The van der Waals surface area contributed by atoms with Crippen LogP contribution in [0.3, 0.4) is 0 Å². The number of nitrogens with two attached hydrogens (primary N) is 1. The number of carboxylic acids is 1. The van der Waals surface area contributed by atoms with Crippen LogP contribution in [0.4, 0.5) is 0 Å². The number of carboxylic acid groups (broad SMARTS) is 1. The number of hydrogen-bond donors (Lipinski definition) is 4. The maximum absolute atomic E-state index is 10.4. The number of aliphatic carboxylic acids is 1. The Balaban J connectivity index is 3.97. The van der Waals surface area contributed by atoms with Crippen LogP contribution in [0.2, 0.25) is 0 Å². The zero-order valence-corrected chi connectivity index (χ0v) is 8.28. The smallest absolute Gasteiger partial charge is 0.323 e. The van der Waals surface area contributed by atoms with E-state index >= 15 is 0 Å². The second-order valence-electron chi connectivity index (χ2n) is 2.69. The largest absolute Gasteiger partial charge is 0.480 e. The summed E-state index contributed by atoms with van der Waals surface area (Å²) in [4.78, 5) is 10.4. The Bertz CT molecular complexity index is 163. The lowest BCUT2D eigenvalue weighted by atomic mass is 10.2. The maximum Gasteiger partial charge on any atom is 0.323 e. The number of aliphatic hydroxyl groups excluding tert-OH is 1. The Morgan fingerprint density at radius 1 is 1.69 bits per heavy atom. The van der Waals surface area contributed by atoms with E-state index in [0.29, 0.717) is 5.75 Å². The van der Waals surface area contributed by atoms with Crippen LogP contribution in [0.15, 0.2) is 0 Å². The van der Waals surface area contributed by atoms with Gasteiger partial charge in [0.25, 0.3) is 0 Å². The minimum absolute atomic E-state index is 0.194. The number of rotatable bonds is 6. The zero-order chi connectivity index (χ0) is 10.4. The molecule has 3 atom stereocenters. The maximum atomic E-state index is 10.4. The van der Waals surface area contributed by atoms with Crippen molar-refractivity contribution in [3.8, 4) is 0 Å². The molecule has 0 saturated carbocycles. The molecule has 0 aliphatic carbocycles. The quantitative estimate of drug-likeness (QED) is 0.425. The van der Waals surface area contributed by atoms with Gasteiger partial charge in [-0.25, -0.2) is 0 Å². The second-order valence-corrected chi connectivity index (χ2v) is 3.06. The van der Waals surface area contributed by atoms with Crippen LogP contribution in [0.5, 0.6) is 0 Å². The van der Waals surface area contributed by atoms with Crippen LogP contribution in [0, 0.1) is 0 Å². The summed E-state index contributed by atoms with van der Waals surface area (Å²) in [7, 11) is 0. The molecule has 0 aliphatic rings. The molecule has 0 amide bonds. The standard InChI is InChI=1S/C7H15NO4S/c1-4(6(8)7(10)11)12-5(2-9)3-13/h4-6,9,13H,2-3,8H2,1H3,(H,10,11)/t4-,5?,6+/m1/s1. The average Bonchev–Trinajstić information content (AvgIpc) is 2.12. The molecule has 6 heteroatoms. The normalized spacial score (nSPS) is 17.8. The fourth-order valence-electron chi connectivity index (χ4n) is 0.733. The van der Waals surface area contributed by atoms with Crippen LogP contribution in [0.1, 0.15) is 6.92 Å².